The van der Waals surface area contributed by atoms with Crippen LogP contribution in [0.3, 0.4) is 0 Å². The van der Waals surface area contributed by atoms with Gasteiger partial charge in [-0.2, -0.15) is 0 Å². The first-order valence-corrected chi connectivity index (χ1v) is 7.16. The van der Waals surface area contributed by atoms with Crippen molar-refractivity contribution in [2.45, 2.75) is 38.0 Å². The van der Waals surface area contributed by atoms with Crippen molar-refractivity contribution in [2.75, 3.05) is 13.1 Å². The average molecular weight is 227 g/mol. The van der Waals surface area contributed by atoms with Crippen LogP contribution in [-0.4, -0.2) is 13.1 Å². The van der Waals surface area contributed by atoms with Gasteiger partial charge in [0.05, 0.1) is 0 Å². The molecule has 90 valence electrons. The van der Waals surface area contributed by atoms with E-state index in [9.17, 15) is 0 Å². The Balaban J connectivity index is 1.30. The van der Waals surface area contributed by atoms with Crippen LogP contribution < -0.4 is 5.32 Å². The molecular formula is C16H21N. The Kier molecular flexibility index (Phi) is 2.14. The Morgan fingerprint density at radius 1 is 1.18 bits per heavy atom. The largest absolute Gasteiger partial charge is 0.316 e. The fourth-order valence-electron chi connectivity index (χ4n) is 3.63. The first kappa shape index (κ1) is 10.1. The Morgan fingerprint density at radius 2 is 2.00 bits per heavy atom. The second kappa shape index (κ2) is 3.58. The van der Waals surface area contributed by atoms with E-state index in [0.717, 1.165) is 17.3 Å². The maximum Gasteiger partial charge on any atom is 0.00236 e. The van der Waals surface area contributed by atoms with Gasteiger partial charge in [0.2, 0.25) is 0 Å². The Hall–Kier alpha value is -0.820. The number of rotatable bonds is 5. The molecule has 1 unspecified atom stereocenters. The SMILES string of the molecule is c1ccc2c(c1)CC2CNCC1(C2CC2)CC1. The van der Waals surface area contributed by atoms with E-state index in [1.54, 1.807) is 11.1 Å². The van der Waals surface area contributed by atoms with Crippen LogP contribution in [0.25, 0.3) is 0 Å². The number of nitrogens with one attached hydrogen (secondary N) is 1. The Bertz CT molecular complexity index is 429. The van der Waals surface area contributed by atoms with E-state index in [4.69, 9.17) is 0 Å². The van der Waals surface area contributed by atoms with Gasteiger partial charge in [0.25, 0.3) is 0 Å². The summed E-state index contributed by atoms with van der Waals surface area (Å²) in [4.78, 5) is 0. The quantitative estimate of drug-likeness (QED) is 0.815. The fourth-order valence-corrected chi connectivity index (χ4v) is 3.63. The van der Waals surface area contributed by atoms with Crippen LogP contribution in [0.4, 0.5) is 0 Å². The van der Waals surface area contributed by atoms with Crippen LogP contribution >= 0.6 is 0 Å². The van der Waals surface area contributed by atoms with Crippen LogP contribution in [0.15, 0.2) is 24.3 Å². The van der Waals surface area contributed by atoms with Crippen molar-refractivity contribution in [3.63, 3.8) is 0 Å². The van der Waals surface area contributed by atoms with Crippen LogP contribution in [-0.2, 0) is 6.42 Å². The smallest absolute Gasteiger partial charge is 0.00236 e. The normalized spacial score (nSPS) is 28.4. The standard InChI is InChI=1S/C16H21N/c1-2-4-15-12(3-1)9-13(15)10-17-11-16(7-8-16)14-5-6-14/h1-4,13-14,17H,5-11H2. The maximum atomic E-state index is 3.75. The third-order valence-corrected chi connectivity index (χ3v) is 5.16. The minimum Gasteiger partial charge on any atom is -0.316 e. The van der Waals surface area contributed by atoms with E-state index in [-0.39, 0.29) is 0 Å². The molecule has 2 fully saturated rings. The number of hydrogen-bond donors (Lipinski definition) is 1. The summed E-state index contributed by atoms with van der Waals surface area (Å²) in [5.41, 5.74) is 3.92. The van der Waals surface area contributed by atoms with Gasteiger partial charge in [-0.05, 0) is 54.6 Å². The molecule has 0 saturated heterocycles. The van der Waals surface area contributed by atoms with Gasteiger partial charge in [0, 0.05) is 19.0 Å². The van der Waals surface area contributed by atoms with E-state index in [1.807, 2.05) is 0 Å². The molecule has 1 heteroatoms. The van der Waals surface area contributed by atoms with E-state index in [1.165, 1.54) is 45.2 Å². The van der Waals surface area contributed by atoms with Gasteiger partial charge in [-0.1, -0.05) is 24.3 Å². The van der Waals surface area contributed by atoms with E-state index in [2.05, 4.69) is 29.6 Å². The molecule has 0 amide bonds. The molecule has 0 radical (unpaired) electrons. The van der Waals surface area contributed by atoms with Crippen molar-refractivity contribution >= 4 is 0 Å². The number of fused-ring (bicyclic) bond motifs is 1. The third-order valence-electron chi connectivity index (χ3n) is 5.16. The summed E-state index contributed by atoms with van der Waals surface area (Å²) in [5, 5.41) is 3.75. The van der Waals surface area contributed by atoms with Crippen LogP contribution in [0.2, 0.25) is 0 Å². The minimum atomic E-state index is 0.753. The van der Waals surface area contributed by atoms with Gasteiger partial charge in [0.15, 0.2) is 0 Å². The molecule has 0 aliphatic heterocycles. The molecule has 1 atom stereocenters. The van der Waals surface area contributed by atoms with Crippen molar-refractivity contribution in [2.24, 2.45) is 11.3 Å². The summed E-state index contributed by atoms with van der Waals surface area (Å²) in [6.07, 6.45) is 7.29. The molecular weight excluding hydrogens is 206 g/mol. The summed E-state index contributed by atoms with van der Waals surface area (Å²) in [5.74, 6) is 1.88. The highest BCUT2D eigenvalue weighted by atomic mass is 14.9. The predicted octanol–water partition coefficient (Wildman–Crippen LogP) is 3.11. The van der Waals surface area contributed by atoms with Gasteiger partial charge in [-0.3, -0.25) is 0 Å². The molecule has 1 aromatic rings. The molecule has 1 nitrogen and oxygen atoms in total. The highest BCUT2D eigenvalue weighted by Crippen LogP contribution is 2.60. The lowest BCUT2D eigenvalue weighted by Crippen LogP contribution is -2.33. The van der Waals surface area contributed by atoms with Gasteiger partial charge in [-0.25, -0.2) is 0 Å². The zero-order valence-electron chi connectivity index (χ0n) is 10.4. The molecule has 1 aromatic carbocycles. The molecule has 4 rings (SSSR count). The highest BCUT2D eigenvalue weighted by molar-refractivity contribution is 5.40. The fraction of sp³-hybridized carbons (Fsp3) is 0.625. The van der Waals surface area contributed by atoms with Crippen LogP contribution in [0.1, 0.15) is 42.7 Å². The van der Waals surface area contributed by atoms with Crippen molar-refractivity contribution < 1.29 is 0 Å². The number of hydrogen-bond acceptors (Lipinski definition) is 1. The molecule has 1 N–H and O–H groups in total. The lowest BCUT2D eigenvalue weighted by Gasteiger charge is -2.31. The molecule has 3 aliphatic rings. The second-order valence-electron chi connectivity index (χ2n) is 6.37. The minimum absolute atomic E-state index is 0.753. The highest BCUT2D eigenvalue weighted by Gasteiger charge is 2.53. The number of benzene rings is 1. The summed E-state index contributed by atoms with van der Waals surface area (Å²) in [7, 11) is 0. The first-order chi connectivity index (χ1) is 8.37. The summed E-state index contributed by atoms with van der Waals surface area (Å²) < 4.78 is 0. The molecule has 0 bridgehead atoms. The topological polar surface area (TPSA) is 12.0 Å². The van der Waals surface area contributed by atoms with Gasteiger partial charge >= 0.3 is 0 Å². The van der Waals surface area contributed by atoms with Crippen molar-refractivity contribution in [1.29, 1.82) is 0 Å². The molecule has 0 aromatic heterocycles. The monoisotopic (exact) mass is 227 g/mol. The van der Waals surface area contributed by atoms with Crippen molar-refractivity contribution in [3.8, 4) is 0 Å². The molecule has 17 heavy (non-hydrogen) atoms. The molecule has 2 saturated carbocycles. The maximum absolute atomic E-state index is 3.75. The Labute approximate surface area is 104 Å². The molecule has 3 aliphatic carbocycles. The zero-order valence-corrected chi connectivity index (χ0v) is 10.4. The first-order valence-electron chi connectivity index (χ1n) is 7.16. The van der Waals surface area contributed by atoms with Gasteiger partial charge in [0.1, 0.15) is 0 Å². The van der Waals surface area contributed by atoms with E-state index in [0.29, 0.717) is 0 Å². The summed E-state index contributed by atoms with van der Waals surface area (Å²) in [6, 6.07) is 8.92. The predicted molar refractivity (Wildman–Crippen MR) is 70.1 cm³/mol. The molecule has 0 heterocycles. The van der Waals surface area contributed by atoms with Crippen LogP contribution in [0.5, 0.6) is 0 Å². The zero-order chi connectivity index (χ0) is 11.3. The van der Waals surface area contributed by atoms with E-state index < -0.39 is 0 Å². The lowest BCUT2D eigenvalue weighted by molar-refractivity contribution is 0.390. The lowest BCUT2D eigenvalue weighted by atomic mass is 9.77. The second-order valence-corrected chi connectivity index (χ2v) is 6.37. The van der Waals surface area contributed by atoms with Crippen LogP contribution in [0, 0.1) is 11.3 Å². The Morgan fingerprint density at radius 3 is 2.71 bits per heavy atom. The summed E-state index contributed by atoms with van der Waals surface area (Å²) >= 11 is 0. The van der Waals surface area contributed by atoms with Gasteiger partial charge < -0.3 is 5.32 Å². The van der Waals surface area contributed by atoms with Crippen molar-refractivity contribution in [1.82, 2.24) is 5.32 Å². The van der Waals surface area contributed by atoms with Gasteiger partial charge in [-0.15, -0.1) is 0 Å². The average Bonchev–Trinajstić information content (AvgIpc) is 3.15. The van der Waals surface area contributed by atoms with E-state index >= 15 is 0 Å². The summed E-state index contributed by atoms with van der Waals surface area (Å²) in [6.45, 7) is 2.49. The third kappa shape index (κ3) is 1.72. The van der Waals surface area contributed by atoms with Crippen molar-refractivity contribution in [3.05, 3.63) is 35.4 Å². The molecule has 0 spiro atoms.